The third-order valence-corrected chi connectivity index (χ3v) is 4.68. The van der Waals surface area contributed by atoms with Crippen molar-refractivity contribution in [3.05, 3.63) is 52.6 Å². The largest absolute Gasteiger partial charge is 0.330 e. The summed E-state index contributed by atoms with van der Waals surface area (Å²) in [6, 6.07) is 6.61. The Morgan fingerprint density at radius 1 is 1.38 bits per heavy atom. The molecule has 1 unspecified atom stereocenters. The Labute approximate surface area is 142 Å². The lowest BCUT2D eigenvalue weighted by molar-refractivity contribution is 0.0666. The molecule has 5 heteroatoms. The number of benzene rings is 1. The second kappa shape index (κ2) is 6.38. The Kier molecular flexibility index (Phi) is 4.43. The fraction of sp³-hybridized carbons (Fsp3) is 0.474. The lowest BCUT2D eigenvalue weighted by atomic mass is 9.93. The van der Waals surface area contributed by atoms with Crippen molar-refractivity contribution in [2.45, 2.75) is 39.7 Å². The van der Waals surface area contributed by atoms with Crippen LogP contribution >= 0.6 is 0 Å². The maximum Gasteiger partial charge on any atom is 0.272 e. The van der Waals surface area contributed by atoms with Gasteiger partial charge in [0.1, 0.15) is 11.5 Å². The Bertz CT molecular complexity index is 766. The molecular weight excluding hydrogens is 305 g/mol. The fourth-order valence-corrected chi connectivity index (χ4v) is 3.45. The highest BCUT2D eigenvalue weighted by molar-refractivity contribution is 5.93. The first kappa shape index (κ1) is 16.7. The second-order valence-electron chi connectivity index (χ2n) is 7.01. The highest BCUT2D eigenvalue weighted by atomic mass is 19.1. The summed E-state index contributed by atoms with van der Waals surface area (Å²) in [4.78, 5) is 14.8. The van der Waals surface area contributed by atoms with Gasteiger partial charge in [-0.05, 0) is 55.0 Å². The first-order valence-corrected chi connectivity index (χ1v) is 8.49. The van der Waals surface area contributed by atoms with Gasteiger partial charge in [0.05, 0.1) is 11.7 Å². The molecule has 4 nitrogen and oxygen atoms in total. The van der Waals surface area contributed by atoms with Crippen molar-refractivity contribution in [1.82, 2.24) is 14.7 Å². The zero-order chi connectivity index (χ0) is 17.4. The van der Waals surface area contributed by atoms with Gasteiger partial charge in [-0.1, -0.05) is 19.9 Å². The topological polar surface area (TPSA) is 38.1 Å². The van der Waals surface area contributed by atoms with Crippen molar-refractivity contribution in [1.29, 1.82) is 0 Å². The number of hydrogen-bond acceptors (Lipinski definition) is 2. The number of aromatic nitrogens is 2. The zero-order valence-corrected chi connectivity index (χ0v) is 14.7. The Hall–Kier alpha value is -2.17. The van der Waals surface area contributed by atoms with Gasteiger partial charge in [0.25, 0.3) is 5.91 Å². The number of carbonyl (C=O) groups is 1. The Balaban J connectivity index is 1.87. The van der Waals surface area contributed by atoms with Gasteiger partial charge in [0, 0.05) is 13.6 Å². The van der Waals surface area contributed by atoms with Gasteiger partial charge in [-0.3, -0.25) is 9.48 Å². The lowest BCUT2D eigenvalue weighted by Crippen LogP contribution is -2.39. The third-order valence-electron chi connectivity index (χ3n) is 4.68. The van der Waals surface area contributed by atoms with Crippen LogP contribution in [0.1, 0.15) is 54.1 Å². The van der Waals surface area contributed by atoms with Gasteiger partial charge < -0.3 is 4.90 Å². The molecule has 0 radical (unpaired) electrons. The van der Waals surface area contributed by atoms with E-state index < -0.39 is 0 Å². The van der Waals surface area contributed by atoms with Gasteiger partial charge in [0.2, 0.25) is 0 Å². The van der Waals surface area contributed by atoms with Crippen molar-refractivity contribution in [3.63, 3.8) is 0 Å². The van der Waals surface area contributed by atoms with Gasteiger partial charge >= 0.3 is 0 Å². The standard InChI is InChI=1S/C19H24FN3O/c1-12(2)9-16-11-18(22(4)21-16)19(24)23-8-7-14-5-6-15(20)10-17(14)13(23)3/h5-6,10-13H,7-9H2,1-4H3. The van der Waals surface area contributed by atoms with Crippen LogP contribution in [-0.4, -0.2) is 27.1 Å². The summed E-state index contributed by atoms with van der Waals surface area (Å²) < 4.78 is 15.3. The number of hydrogen-bond donors (Lipinski definition) is 0. The predicted octanol–water partition coefficient (Wildman–Crippen LogP) is 3.52. The molecule has 0 N–H and O–H groups in total. The zero-order valence-electron chi connectivity index (χ0n) is 14.7. The summed E-state index contributed by atoms with van der Waals surface area (Å²) in [6.07, 6.45) is 1.60. The normalized spacial score (nSPS) is 17.2. The number of aryl methyl sites for hydroxylation is 1. The van der Waals surface area contributed by atoms with E-state index in [0.29, 0.717) is 18.2 Å². The minimum absolute atomic E-state index is 0.0394. The molecule has 0 saturated carbocycles. The monoisotopic (exact) mass is 329 g/mol. The number of amides is 1. The molecule has 1 atom stereocenters. The van der Waals surface area contributed by atoms with Gasteiger partial charge in [-0.15, -0.1) is 0 Å². The Morgan fingerprint density at radius 2 is 2.12 bits per heavy atom. The van der Waals surface area contributed by atoms with Crippen molar-refractivity contribution in [2.75, 3.05) is 6.54 Å². The van der Waals surface area contributed by atoms with Crippen LogP contribution in [0.5, 0.6) is 0 Å². The molecular formula is C19H24FN3O. The van der Waals surface area contributed by atoms with Crippen LogP contribution in [0.2, 0.25) is 0 Å². The van der Waals surface area contributed by atoms with E-state index in [0.717, 1.165) is 29.7 Å². The molecule has 128 valence electrons. The molecule has 1 aliphatic heterocycles. The van der Waals surface area contributed by atoms with Crippen LogP contribution in [0, 0.1) is 11.7 Å². The molecule has 2 aromatic rings. The number of carbonyl (C=O) groups excluding carboxylic acids is 1. The first-order valence-electron chi connectivity index (χ1n) is 8.49. The fourth-order valence-electron chi connectivity index (χ4n) is 3.45. The number of rotatable bonds is 3. The minimum Gasteiger partial charge on any atom is -0.330 e. The third kappa shape index (κ3) is 3.07. The maximum absolute atomic E-state index is 13.6. The Morgan fingerprint density at radius 3 is 2.83 bits per heavy atom. The van der Waals surface area contributed by atoms with Gasteiger partial charge in [-0.25, -0.2) is 4.39 Å². The molecule has 0 fully saturated rings. The highest BCUT2D eigenvalue weighted by Crippen LogP contribution is 2.31. The van der Waals surface area contributed by atoms with Crippen LogP contribution in [0.4, 0.5) is 4.39 Å². The van der Waals surface area contributed by atoms with E-state index in [1.54, 1.807) is 17.8 Å². The van der Waals surface area contributed by atoms with Crippen molar-refractivity contribution < 1.29 is 9.18 Å². The summed E-state index contributed by atoms with van der Waals surface area (Å²) in [7, 11) is 1.80. The quantitative estimate of drug-likeness (QED) is 0.864. The molecule has 0 bridgehead atoms. The predicted molar refractivity (Wildman–Crippen MR) is 91.3 cm³/mol. The van der Waals surface area contributed by atoms with Gasteiger partial charge in [-0.2, -0.15) is 5.10 Å². The molecule has 1 aromatic heterocycles. The van der Waals surface area contributed by atoms with E-state index in [1.165, 1.54) is 6.07 Å². The van der Waals surface area contributed by atoms with Gasteiger partial charge in [0.15, 0.2) is 0 Å². The molecule has 0 spiro atoms. The molecule has 2 heterocycles. The number of halogens is 1. The van der Waals surface area contributed by atoms with E-state index in [1.807, 2.05) is 24.0 Å². The average Bonchev–Trinajstić information content (AvgIpc) is 2.87. The van der Waals surface area contributed by atoms with E-state index >= 15 is 0 Å². The number of nitrogens with zero attached hydrogens (tertiary/aromatic N) is 3. The second-order valence-corrected chi connectivity index (χ2v) is 7.01. The van der Waals surface area contributed by atoms with Crippen LogP contribution in [0.25, 0.3) is 0 Å². The summed E-state index contributed by atoms with van der Waals surface area (Å²) in [5.74, 6) is 0.198. The van der Waals surface area contributed by atoms with E-state index in [4.69, 9.17) is 0 Å². The molecule has 1 aromatic carbocycles. The van der Waals surface area contributed by atoms with Crippen LogP contribution < -0.4 is 0 Å². The van der Waals surface area contributed by atoms with Crippen molar-refractivity contribution >= 4 is 5.91 Å². The smallest absolute Gasteiger partial charge is 0.272 e. The molecule has 0 saturated heterocycles. The highest BCUT2D eigenvalue weighted by Gasteiger charge is 2.30. The summed E-state index contributed by atoms with van der Waals surface area (Å²) in [6.45, 7) is 6.87. The average molecular weight is 329 g/mol. The minimum atomic E-state index is -0.255. The molecule has 1 aliphatic rings. The molecule has 24 heavy (non-hydrogen) atoms. The molecule has 3 rings (SSSR count). The summed E-state index contributed by atoms with van der Waals surface area (Å²) in [5, 5.41) is 4.46. The van der Waals surface area contributed by atoms with E-state index in [-0.39, 0.29) is 17.8 Å². The molecule has 0 aliphatic carbocycles. The number of fused-ring (bicyclic) bond motifs is 1. The van der Waals surface area contributed by atoms with E-state index in [9.17, 15) is 9.18 Å². The van der Waals surface area contributed by atoms with Crippen LogP contribution in [-0.2, 0) is 19.9 Å². The summed E-state index contributed by atoms with van der Waals surface area (Å²) >= 11 is 0. The van der Waals surface area contributed by atoms with E-state index in [2.05, 4.69) is 18.9 Å². The summed E-state index contributed by atoms with van der Waals surface area (Å²) in [5.41, 5.74) is 3.56. The maximum atomic E-state index is 13.6. The first-order chi connectivity index (χ1) is 11.4. The SMILES string of the molecule is CC(C)Cc1cc(C(=O)N2CCc3ccc(F)cc3C2C)n(C)n1. The van der Waals surface area contributed by atoms with Crippen LogP contribution in [0.3, 0.4) is 0 Å². The molecule has 1 amide bonds. The van der Waals surface area contributed by atoms with Crippen molar-refractivity contribution in [2.24, 2.45) is 13.0 Å². The van der Waals surface area contributed by atoms with Crippen LogP contribution in [0.15, 0.2) is 24.3 Å². The lowest BCUT2D eigenvalue weighted by Gasteiger charge is -2.35. The van der Waals surface area contributed by atoms with Crippen molar-refractivity contribution in [3.8, 4) is 0 Å².